The molecule has 0 saturated carbocycles. The van der Waals surface area contributed by atoms with Crippen molar-refractivity contribution < 1.29 is 14.6 Å². The number of hydrogen-bond acceptors (Lipinski definition) is 4. The first-order chi connectivity index (χ1) is 6.74. The van der Waals surface area contributed by atoms with E-state index in [1.54, 1.807) is 0 Å². The van der Waals surface area contributed by atoms with E-state index in [4.69, 9.17) is 14.6 Å². The van der Waals surface area contributed by atoms with Gasteiger partial charge in [0.15, 0.2) is 6.29 Å². The summed E-state index contributed by atoms with van der Waals surface area (Å²) in [6.07, 6.45) is 0.680. The van der Waals surface area contributed by atoms with E-state index < -0.39 is 0 Å². The van der Waals surface area contributed by atoms with Crippen LogP contribution in [0.15, 0.2) is 0 Å². The normalized spacial score (nSPS) is 20.6. The average molecular weight is 203 g/mol. The first-order valence-electron chi connectivity index (χ1n) is 5.31. The van der Waals surface area contributed by atoms with Gasteiger partial charge in [0.1, 0.15) is 0 Å². The third kappa shape index (κ3) is 3.92. The maximum Gasteiger partial charge on any atom is 0.170 e. The van der Waals surface area contributed by atoms with Crippen molar-refractivity contribution in [1.29, 1.82) is 0 Å². The highest BCUT2D eigenvalue weighted by Crippen LogP contribution is 2.07. The van der Waals surface area contributed by atoms with Crippen molar-refractivity contribution in [3.8, 4) is 0 Å². The van der Waals surface area contributed by atoms with Gasteiger partial charge in [0.05, 0.1) is 13.2 Å². The molecule has 1 saturated heterocycles. The van der Waals surface area contributed by atoms with Crippen LogP contribution in [-0.2, 0) is 9.47 Å². The fourth-order valence-corrected chi connectivity index (χ4v) is 1.58. The minimum Gasteiger partial charge on any atom is -0.396 e. The van der Waals surface area contributed by atoms with Gasteiger partial charge in [-0.25, -0.2) is 0 Å². The average Bonchev–Trinajstić information content (AvgIpc) is 2.64. The highest BCUT2D eigenvalue weighted by atomic mass is 16.7. The van der Waals surface area contributed by atoms with Crippen molar-refractivity contribution in [3.05, 3.63) is 0 Å². The lowest BCUT2D eigenvalue weighted by Crippen LogP contribution is -2.39. The van der Waals surface area contributed by atoms with Crippen LogP contribution in [0.3, 0.4) is 0 Å². The predicted molar refractivity (Wildman–Crippen MR) is 54.0 cm³/mol. The fourth-order valence-electron chi connectivity index (χ4n) is 1.58. The molecule has 84 valence electrons. The second-order valence-electron chi connectivity index (χ2n) is 3.94. The van der Waals surface area contributed by atoms with E-state index in [1.165, 1.54) is 0 Å². The zero-order valence-corrected chi connectivity index (χ0v) is 9.03. The Morgan fingerprint density at radius 3 is 2.50 bits per heavy atom. The summed E-state index contributed by atoms with van der Waals surface area (Å²) in [5, 5.41) is 12.2. The monoisotopic (exact) mass is 203 g/mol. The standard InChI is InChI=1S/C10H21NO3/c1-8(2)9(3-4-12)11-7-10-13-5-6-14-10/h8-12H,3-7H2,1-2H3. The predicted octanol–water partition coefficient (Wildman–Crippen LogP) is 0.356. The summed E-state index contributed by atoms with van der Waals surface area (Å²) in [5.74, 6) is 0.517. The molecule has 0 radical (unpaired) electrons. The summed E-state index contributed by atoms with van der Waals surface area (Å²) in [7, 11) is 0. The Bertz CT molecular complexity index is 146. The lowest BCUT2D eigenvalue weighted by Gasteiger charge is -2.22. The van der Waals surface area contributed by atoms with Gasteiger partial charge in [0.2, 0.25) is 0 Å². The Balaban J connectivity index is 2.17. The molecular weight excluding hydrogens is 182 g/mol. The van der Waals surface area contributed by atoms with E-state index in [2.05, 4.69) is 19.2 Å². The number of rotatable bonds is 6. The lowest BCUT2D eigenvalue weighted by molar-refractivity contribution is -0.0418. The topological polar surface area (TPSA) is 50.7 Å². The Morgan fingerprint density at radius 2 is 2.00 bits per heavy atom. The van der Waals surface area contributed by atoms with E-state index in [0.29, 0.717) is 31.7 Å². The summed E-state index contributed by atoms with van der Waals surface area (Å²) in [6.45, 7) is 6.61. The van der Waals surface area contributed by atoms with Crippen molar-refractivity contribution in [2.45, 2.75) is 32.6 Å². The van der Waals surface area contributed by atoms with Gasteiger partial charge in [-0.05, 0) is 12.3 Å². The van der Waals surface area contributed by atoms with E-state index >= 15 is 0 Å². The number of aliphatic hydroxyl groups is 1. The highest BCUT2D eigenvalue weighted by Gasteiger charge is 2.18. The van der Waals surface area contributed by atoms with E-state index in [0.717, 1.165) is 6.42 Å². The number of aliphatic hydroxyl groups excluding tert-OH is 1. The third-order valence-corrected chi connectivity index (χ3v) is 2.48. The molecule has 2 N–H and O–H groups in total. The zero-order chi connectivity index (χ0) is 10.4. The zero-order valence-electron chi connectivity index (χ0n) is 9.03. The van der Waals surface area contributed by atoms with Crippen molar-refractivity contribution in [1.82, 2.24) is 5.32 Å². The molecule has 4 nitrogen and oxygen atoms in total. The maximum atomic E-state index is 8.88. The lowest BCUT2D eigenvalue weighted by atomic mass is 10.0. The number of hydrogen-bond donors (Lipinski definition) is 2. The molecule has 1 aliphatic rings. The third-order valence-electron chi connectivity index (χ3n) is 2.48. The molecule has 4 heteroatoms. The molecule has 0 aromatic heterocycles. The molecule has 0 spiro atoms. The van der Waals surface area contributed by atoms with Crippen molar-refractivity contribution >= 4 is 0 Å². The van der Waals surface area contributed by atoms with Crippen LogP contribution in [-0.4, -0.2) is 43.8 Å². The molecule has 1 aliphatic heterocycles. The van der Waals surface area contributed by atoms with Crippen molar-refractivity contribution in [2.24, 2.45) is 5.92 Å². The van der Waals surface area contributed by atoms with Crippen molar-refractivity contribution in [3.63, 3.8) is 0 Å². The largest absolute Gasteiger partial charge is 0.396 e. The smallest absolute Gasteiger partial charge is 0.170 e. The molecule has 1 rings (SSSR count). The second-order valence-corrected chi connectivity index (χ2v) is 3.94. The fraction of sp³-hybridized carbons (Fsp3) is 1.00. The minimum absolute atomic E-state index is 0.102. The quantitative estimate of drug-likeness (QED) is 0.654. The van der Waals surface area contributed by atoms with Crippen LogP contribution in [0.2, 0.25) is 0 Å². The van der Waals surface area contributed by atoms with Crippen LogP contribution >= 0.6 is 0 Å². The van der Waals surface area contributed by atoms with E-state index in [1.807, 2.05) is 0 Å². The molecule has 1 atom stereocenters. The second kappa shape index (κ2) is 6.35. The molecular formula is C10H21NO3. The first-order valence-corrected chi connectivity index (χ1v) is 5.31. The van der Waals surface area contributed by atoms with Gasteiger partial charge in [-0.2, -0.15) is 0 Å². The molecule has 0 aromatic carbocycles. The van der Waals surface area contributed by atoms with Crippen LogP contribution in [0.5, 0.6) is 0 Å². The van der Waals surface area contributed by atoms with E-state index in [-0.39, 0.29) is 12.9 Å². The van der Waals surface area contributed by atoms with E-state index in [9.17, 15) is 0 Å². The number of ether oxygens (including phenoxy) is 2. The van der Waals surface area contributed by atoms with Gasteiger partial charge in [-0.15, -0.1) is 0 Å². The summed E-state index contributed by atoms with van der Waals surface area (Å²) in [6, 6.07) is 0.341. The van der Waals surface area contributed by atoms with Crippen LogP contribution in [0, 0.1) is 5.92 Å². The van der Waals surface area contributed by atoms with Gasteiger partial charge in [-0.3, -0.25) is 0 Å². The molecule has 1 heterocycles. The van der Waals surface area contributed by atoms with Gasteiger partial charge in [0.25, 0.3) is 0 Å². The number of nitrogens with one attached hydrogen (secondary N) is 1. The first kappa shape index (κ1) is 11.9. The van der Waals surface area contributed by atoms with Crippen LogP contribution in [0.25, 0.3) is 0 Å². The van der Waals surface area contributed by atoms with Gasteiger partial charge in [0, 0.05) is 19.2 Å². The maximum absolute atomic E-state index is 8.88. The molecule has 1 fully saturated rings. The summed E-state index contributed by atoms with van der Waals surface area (Å²) in [4.78, 5) is 0. The summed E-state index contributed by atoms with van der Waals surface area (Å²) >= 11 is 0. The molecule has 0 aromatic rings. The Morgan fingerprint density at radius 1 is 1.36 bits per heavy atom. The molecule has 0 amide bonds. The summed E-state index contributed by atoms with van der Waals surface area (Å²) in [5.41, 5.74) is 0. The molecule has 0 bridgehead atoms. The Hall–Kier alpha value is -0.160. The Labute approximate surface area is 85.6 Å². The van der Waals surface area contributed by atoms with Crippen LogP contribution in [0.1, 0.15) is 20.3 Å². The van der Waals surface area contributed by atoms with Gasteiger partial charge >= 0.3 is 0 Å². The van der Waals surface area contributed by atoms with Gasteiger partial charge in [-0.1, -0.05) is 13.8 Å². The SMILES string of the molecule is CC(C)C(CCO)NCC1OCCO1. The molecule has 0 aliphatic carbocycles. The molecule has 14 heavy (non-hydrogen) atoms. The minimum atomic E-state index is -0.102. The highest BCUT2D eigenvalue weighted by molar-refractivity contribution is 4.71. The Kier molecular flexibility index (Phi) is 5.40. The van der Waals surface area contributed by atoms with Crippen molar-refractivity contribution in [2.75, 3.05) is 26.4 Å². The van der Waals surface area contributed by atoms with Crippen LogP contribution < -0.4 is 5.32 Å². The summed E-state index contributed by atoms with van der Waals surface area (Å²) < 4.78 is 10.6. The van der Waals surface area contributed by atoms with Gasteiger partial charge < -0.3 is 19.9 Å². The molecule has 1 unspecified atom stereocenters. The van der Waals surface area contributed by atoms with Crippen LogP contribution in [0.4, 0.5) is 0 Å².